The molecule has 4 heteroatoms. The molecule has 130 valence electrons. The van der Waals surface area contributed by atoms with Crippen molar-refractivity contribution in [1.29, 1.82) is 0 Å². The van der Waals surface area contributed by atoms with Crippen molar-refractivity contribution in [1.82, 2.24) is 0 Å². The second-order valence-corrected chi connectivity index (χ2v) is 5.95. The van der Waals surface area contributed by atoms with Gasteiger partial charge >= 0.3 is 5.97 Å². The van der Waals surface area contributed by atoms with Crippen LogP contribution >= 0.6 is 0 Å². The summed E-state index contributed by atoms with van der Waals surface area (Å²) in [6, 6.07) is 0. The summed E-state index contributed by atoms with van der Waals surface area (Å²) in [5.74, 6) is -1.10. The molecule has 2 N–H and O–H groups in total. The van der Waals surface area contributed by atoms with Crippen LogP contribution < -0.4 is 0 Å². The summed E-state index contributed by atoms with van der Waals surface area (Å²) in [5, 5.41) is 17.1. The van der Waals surface area contributed by atoms with Crippen LogP contribution in [0.5, 0.6) is 0 Å². The number of allylic oxidation sites excluding steroid dienone is 2. The Balaban J connectivity index is 3.25. The molecule has 0 fully saturated rings. The van der Waals surface area contributed by atoms with E-state index in [0.29, 0.717) is 6.42 Å². The van der Waals surface area contributed by atoms with Gasteiger partial charge in [0.1, 0.15) is 0 Å². The maximum Gasteiger partial charge on any atom is 0.336 e. The van der Waals surface area contributed by atoms with Gasteiger partial charge in [0.25, 0.3) is 0 Å². The molecule has 0 aromatic heterocycles. The maximum atomic E-state index is 10.6. The highest BCUT2D eigenvalue weighted by molar-refractivity contribution is 5.72. The fourth-order valence-electron chi connectivity index (χ4n) is 2.44. The van der Waals surface area contributed by atoms with Gasteiger partial charge in [-0.25, -0.2) is 9.68 Å². The first-order valence-corrected chi connectivity index (χ1v) is 8.90. The van der Waals surface area contributed by atoms with Crippen LogP contribution in [0.25, 0.3) is 0 Å². The Labute approximate surface area is 135 Å². The molecule has 0 heterocycles. The fourth-order valence-corrected chi connectivity index (χ4v) is 2.44. The van der Waals surface area contributed by atoms with Gasteiger partial charge in [-0.1, -0.05) is 70.4 Å². The number of carboxylic acids is 1. The van der Waals surface area contributed by atoms with E-state index in [9.17, 15) is 4.79 Å². The van der Waals surface area contributed by atoms with Crippen molar-refractivity contribution in [2.24, 2.45) is 0 Å². The Morgan fingerprint density at radius 1 is 0.909 bits per heavy atom. The van der Waals surface area contributed by atoms with Crippen molar-refractivity contribution >= 4 is 5.97 Å². The zero-order valence-electron chi connectivity index (χ0n) is 14.1. The van der Waals surface area contributed by atoms with E-state index >= 15 is 0 Å². The highest BCUT2D eigenvalue weighted by atomic mass is 17.1. The lowest BCUT2D eigenvalue weighted by molar-refractivity contribution is -0.277. The molecule has 22 heavy (non-hydrogen) atoms. The average Bonchev–Trinajstić information content (AvgIpc) is 2.51. The summed E-state index contributed by atoms with van der Waals surface area (Å²) in [5.41, 5.74) is 0. The lowest BCUT2D eigenvalue weighted by Crippen LogP contribution is -2.22. The molecule has 0 saturated heterocycles. The topological polar surface area (TPSA) is 66.8 Å². The van der Waals surface area contributed by atoms with Crippen LogP contribution in [0.2, 0.25) is 0 Å². The van der Waals surface area contributed by atoms with Gasteiger partial charge in [0.15, 0.2) is 6.10 Å². The van der Waals surface area contributed by atoms with Gasteiger partial charge in [0.05, 0.1) is 0 Å². The molecule has 0 aliphatic carbocycles. The van der Waals surface area contributed by atoms with Crippen molar-refractivity contribution in [3.05, 3.63) is 12.2 Å². The van der Waals surface area contributed by atoms with Crippen LogP contribution in [0, 0.1) is 0 Å². The summed E-state index contributed by atoms with van der Waals surface area (Å²) in [7, 11) is 0. The minimum absolute atomic E-state index is 0.375. The first-order valence-electron chi connectivity index (χ1n) is 8.90. The Hall–Kier alpha value is -0.870. The molecule has 0 spiro atoms. The lowest BCUT2D eigenvalue weighted by Gasteiger charge is -2.07. The van der Waals surface area contributed by atoms with Crippen LogP contribution in [-0.2, 0) is 9.68 Å². The van der Waals surface area contributed by atoms with Crippen LogP contribution in [0.15, 0.2) is 12.2 Å². The largest absolute Gasteiger partial charge is 0.479 e. The Kier molecular flexibility index (Phi) is 15.8. The van der Waals surface area contributed by atoms with Crippen molar-refractivity contribution in [3.8, 4) is 0 Å². The molecule has 4 nitrogen and oxygen atoms in total. The summed E-state index contributed by atoms with van der Waals surface area (Å²) in [6.45, 7) is 2.24. The average molecular weight is 314 g/mol. The van der Waals surface area contributed by atoms with E-state index in [2.05, 4.69) is 24.0 Å². The first kappa shape index (κ1) is 21.1. The number of aliphatic carboxylic acids is 1. The molecular formula is C18H34O4. The van der Waals surface area contributed by atoms with Crippen molar-refractivity contribution < 1.29 is 20.0 Å². The normalized spacial score (nSPS) is 12.8. The van der Waals surface area contributed by atoms with Crippen molar-refractivity contribution in [2.75, 3.05) is 0 Å². The third kappa shape index (κ3) is 14.1. The SMILES string of the molecule is CCCCCCCC/C=C\CCCCCC[C@@H](OO)C(=O)O. The molecule has 0 aromatic rings. The van der Waals surface area contributed by atoms with Crippen LogP contribution in [0.1, 0.15) is 90.4 Å². The van der Waals surface area contributed by atoms with E-state index in [1.807, 2.05) is 0 Å². The number of carboxylic acid groups (broad SMARTS) is 1. The second-order valence-electron chi connectivity index (χ2n) is 5.95. The summed E-state index contributed by atoms with van der Waals surface area (Å²) in [4.78, 5) is 14.5. The number of hydrogen-bond donors (Lipinski definition) is 2. The van der Waals surface area contributed by atoms with Crippen molar-refractivity contribution in [2.45, 2.75) is 96.5 Å². The minimum Gasteiger partial charge on any atom is -0.479 e. The highest BCUT2D eigenvalue weighted by Gasteiger charge is 2.16. The predicted octanol–water partition coefficient (Wildman–Crippen LogP) is 5.58. The number of unbranched alkanes of at least 4 members (excludes halogenated alkanes) is 10. The maximum absolute atomic E-state index is 10.6. The van der Waals surface area contributed by atoms with E-state index in [-0.39, 0.29) is 0 Å². The van der Waals surface area contributed by atoms with Gasteiger partial charge in [0, 0.05) is 0 Å². The minimum atomic E-state index is -1.10. The molecule has 0 unspecified atom stereocenters. The molecule has 0 bridgehead atoms. The number of hydrogen-bond acceptors (Lipinski definition) is 3. The highest BCUT2D eigenvalue weighted by Crippen LogP contribution is 2.11. The molecular weight excluding hydrogens is 280 g/mol. The zero-order valence-corrected chi connectivity index (χ0v) is 14.1. The standard InChI is InChI=1S/C18H34O4/c1-2-3-4-5-6-7-8-9-10-11-12-13-14-15-16-17(22-21)18(19)20/h9-10,17,21H,2-8,11-16H2,1H3,(H,19,20)/b10-9-/t17-/m1/s1. The van der Waals surface area contributed by atoms with E-state index < -0.39 is 12.1 Å². The molecule has 0 rings (SSSR count). The van der Waals surface area contributed by atoms with Gasteiger partial charge < -0.3 is 5.11 Å². The van der Waals surface area contributed by atoms with E-state index in [1.54, 1.807) is 0 Å². The van der Waals surface area contributed by atoms with E-state index in [0.717, 1.165) is 32.1 Å². The lowest BCUT2D eigenvalue weighted by atomic mass is 10.1. The summed E-state index contributed by atoms with van der Waals surface area (Å²) in [6.07, 6.45) is 18.2. The number of carbonyl (C=O) groups is 1. The van der Waals surface area contributed by atoms with Gasteiger partial charge in [0.2, 0.25) is 0 Å². The molecule has 0 aliphatic heterocycles. The van der Waals surface area contributed by atoms with E-state index in [1.165, 1.54) is 44.9 Å². The third-order valence-corrected chi connectivity index (χ3v) is 3.88. The quantitative estimate of drug-likeness (QED) is 0.169. The first-order chi connectivity index (χ1) is 10.7. The molecule has 1 atom stereocenters. The van der Waals surface area contributed by atoms with E-state index in [4.69, 9.17) is 10.4 Å². The van der Waals surface area contributed by atoms with Crippen LogP contribution in [0.3, 0.4) is 0 Å². The Bertz CT molecular complexity index is 276. The summed E-state index contributed by atoms with van der Waals surface area (Å²) < 4.78 is 0. The van der Waals surface area contributed by atoms with Gasteiger partial charge in [-0.2, -0.15) is 0 Å². The third-order valence-electron chi connectivity index (χ3n) is 3.88. The second kappa shape index (κ2) is 16.5. The van der Waals surface area contributed by atoms with Crippen molar-refractivity contribution in [3.63, 3.8) is 0 Å². The Morgan fingerprint density at radius 2 is 1.41 bits per heavy atom. The Morgan fingerprint density at radius 3 is 1.91 bits per heavy atom. The molecule has 0 radical (unpaired) electrons. The van der Waals surface area contributed by atoms with Gasteiger partial charge in [-0.15, -0.1) is 0 Å². The molecule has 0 aromatic carbocycles. The van der Waals surface area contributed by atoms with Crippen LogP contribution in [-0.4, -0.2) is 22.4 Å². The van der Waals surface area contributed by atoms with Gasteiger partial charge in [-0.05, 0) is 32.1 Å². The van der Waals surface area contributed by atoms with Crippen LogP contribution in [0.4, 0.5) is 0 Å². The molecule has 0 amide bonds. The van der Waals surface area contributed by atoms with Gasteiger partial charge in [-0.3, -0.25) is 5.26 Å². The monoisotopic (exact) mass is 314 g/mol. The smallest absolute Gasteiger partial charge is 0.336 e. The predicted molar refractivity (Wildman–Crippen MR) is 90.0 cm³/mol. The molecule has 0 saturated carbocycles. The number of rotatable bonds is 16. The summed E-state index contributed by atoms with van der Waals surface area (Å²) >= 11 is 0. The molecule has 0 aliphatic rings. The fraction of sp³-hybridized carbons (Fsp3) is 0.833. The zero-order chi connectivity index (χ0) is 16.5.